The van der Waals surface area contributed by atoms with Crippen LogP contribution in [-0.4, -0.2) is 34.9 Å². The van der Waals surface area contributed by atoms with Gasteiger partial charge in [-0.05, 0) is 25.0 Å². The molecule has 88 valence electrons. The fraction of sp³-hybridized carbons (Fsp3) is 0.417. The fourth-order valence-corrected chi connectivity index (χ4v) is 2.08. The molecule has 0 aliphatic carbocycles. The van der Waals surface area contributed by atoms with Crippen LogP contribution in [0, 0.1) is 11.3 Å². The summed E-state index contributed by atoms with van der Waals surface area (Å²) >= 11 is 0. The van der Waals surface area contributed by atoms with Crippen LogP contribution in [0.3, 0.4) is 0 Å². The summed E-state index contributed by atoms with van der Waals surface area (Å²) in [6.07, 6.45) is 3.36. The molecular formula is C12H14N4O. The molecule has 1 fully saturated rings. The van der Waals surface area contributed by atoms with Crippen molar-refractivity contribution >= 4 is 5.91 Å². The van der Waals surface area contributed by atoms with Gasteiger partial charge in [0, 0.05) is 25.3 Å². The number of carbonyl (C=O) groups excluding carboxylic acids is 1. The van der Waals surface area contributed by atoms with Gasteiger partial charge in [0.05, 0.1) is 5.56 Å². The predicted molar refractivity (Wildman–Crippen MR) is 62.1 cm³/mol. The summed E-state index contributed by atoms with van der Waals surface area (Å²) < 4.78 is 0. The summed E-state index contributed by atoms with van der Waals surface area (Å²) in [6.45, 7) is 1.23. The van der Waals surface area contributed by atoms with Crippen molar-refractivity contribution < 1.29 is 4.79 Å². The van der Waals surface area contributed by atoms with E-state index in [1.165, 1.54) is 6.20 Å². The average Bonchev–Trinajstić information content (AvgIpc) is 2.86. The van der Waals surface area contributed by atoms with Crippen LogP contribution in [0.2, 0.25) is 0 Å². The molecule has 2 heterocycles. The zero-order chi connectivity index (χ0) is 12.3. The summed E-state index contributed by atoms with van der Waals surface area (Å²) in [5.74, 6) is -0.0950. The molecular weight excluding hydrogens is 216 g/mol. The number of carbonyl (C=O) groups is 1. The number of rotatable bonds is 2. The lowest BCUT2D eigenvalue weighted by molar-refractivity contribution is 0.0735. The van der Waals surface area contributed by atoms with Crippen LogP contribution in [0.1, 0.15) is 28.9 Å². The molecule has 5 heteroatoms. The predicted octanol–water partition coefficient (Wildman–Crippen LogP) is 0.517. The lowest BCUT2D eigenvalue weighted by Crippen LogP contribution is -2.40. The second kappa shape index (κ2) is 4.93. The maximum Gasteiger partial charge on any atom is 0.272 e. The minimum absolute atomic E-state index is 0.0950. The maximum absolute atomic E-state index is 12.1. The van der Waals surface area contributed by atoms with Crippen molar-refractivity contribution in [2.75, 3.05) is 13.1 Å². The molecule has 17 heavy (non-hydrogen) atoms. The van der Waals surface area contributed by atoms with Crippen molar-refractivity contribution in [2.45, 2.75) is 18.9 Å². The number of hydrogen-bond acceptors (Lipinski definition) is 4. The Balaban J connectivity index is 2.16. The van der Waals surface area contributed by atoms with Gasteiger partial charge in [-0.1, -0.05) is 0 Å². The first-order valence-corrected chi connectivity index (χ1v) is 5.63. The molecule has 1 aliphatic heterocycles. The number of likely N-dealkylation sites (tertiary alicyclic amines) is 1. The van der Waals surface area contributed by atoms with Crippen LogP contribution >= 0.6 is 0 Å². The van der Waals surface area contributed by atoms with Crippen LogP contribution in [-0.2, 0) is 0 Å². The van der Waals surface area contributed by atoms with E-state index in [1.807, 2.05) is 6.07 Å². The third-order valence-electron chi connectivity index (χ3n) is 3.02. The number of amides is 1. The van der Waals surface area contributed by atoms with E-state index in [4.69, 9.17) is 11.0 Å². The van der Waals surface area contributed by atoms with E-state index in [9.17, 15) is 4.79 Å². The maximum atomic E-state index is 12.1. The Bertz CT molecular complexity index is 449. The standard InChI is InChI=1S/C12H14N4O/c13-6-9-3-4-11(15-8-9)12(17)16-5-1-2-10(16)7-14/h3-4,8,10H,1-2,5,7,14H2. The van der Waals surface area contributed by atoms with Gasteiger partial charge in [-0.2, -0.15) is 5.26 Å². The van der Waals surface area contributed by atoms with E-state index >= 15 is 0 Å². The summed E-state index contributed by atoms with van der Waals surface area (Å²) in [6, 6.07) is 5.30. The molecule has 1 aromatic rings. The third kappa shape index (κ3) is 2.27. The molecule has 5 nitrogen and oxygen atoms in total. The molecule has 1 amide bonds. The van der Waals surface area contributed by atoms with Gasteiger partial charge in [-0.25, -0.2) is 4.98 Å². The Hall–Kier alpha value is -1.93. The minimum Gasteiger partial charge on any atom is -0.333 e. The van der Waals surface area contributed by atoms with Crippen LogP contribution in [0.5, 0.6) is 0 Å². The van der Waals surface area contributed by atoms with Crippen LogP contribution in [0.15, 0.2) is 18.3 Å². The summed E-state index contributed by atoms with van der Waals surface area (Å²) in [4.78, 5) is 17.9. The first-order valence-electron chi connectivity index (χ1n) is 5.63. The minimum atomic E-state index is -0.0950. The number of nitrogens with two attached hydrogens (primary N) is 1. The highest BCUT2D eigenvalue weighted by Crippen LogP contribution is 2.18. The number of nitrogens with zero attached hydrogens (tertiary/aromatic N) is 3. The molecule has 0 spiro atoms. The van der Waals surface area contributed by atoms with Crippen molar-refractivity contribution in [3.05, 3.63) is 29.6 Å². The van der Waals surface area contributed by atoms with E-state index in [2.05, 4.69) is 4.98 Å². The molecule has 1 aromatic heterocycles. The van der Waals surface area contributed by atoms with Crippen molar-refractivity contribution in [1.82, 2.24) is 9.88 Å². The number of hydrogen-bond donors (Lipinski definition) is 1. The molecule has 1 aliphatic rings. The Kier molecular flexibility index (Phi) is 3.35. The molecule has 2 rings (SSSR count). The van der Waals surface area contributed by atoms with Crippen molar-refractivity contribution in [3.8, 4) is 6.07 Å². The second-order valence-electron chi connectivity index (χ2n) is 4.07. The fourth-order valence-electron chi connectivity index (χ4n) is 2.08. The Morgan fingerprint density at radius 3 is 3.06 bits per heavy atom. The van der Waals surface area contributed by atoms with Gasteiger partial charge in [-0.3, -0.25) is 4.79 Å². The van der Waals surface area contributed by atoms with E-state index in [0.717, 1.165) is 19.4 Å². The quantitative estimate of drug-likeness (QED) is 0.802. The van der Waals surface area contributed by atoms with Gasteiger partial charge in [0.2, 0.25) is 0 Å². The highest BCUT2D eigenvalue weighted by Gasteiger charge is 2.28. The molecule has 0 saturated carbocycles. The van der Waals surface area contributed by atoms with Crippen LogP contribution in [0.4, 0.5) is 0 Å². The highest BCUT2D eigenvalue weighted by atomic mass is 16.2. The summed E-state index contributed by atoms with van der Waals surface area (Å²) in [7, 11) is 0. The second-order valence-corrected chi connectivity index (χ2v) is 4.07. The lowest BCUT2D eigenvalue weighted by Gasteiger charge is -2.22. The Labute approximate surface area is 99.9 Å². The molecule has 1 unspecified atom stereocenters. The van der Waals surface area contributed by atoms with Gasteiger partial charge in [0.15, 0.2) is 0 Å². The van der Waals surface area contributed by atoms with E-state index in [0.29, 0.717) is 17.8 Å². The number of pyridine rings is 1. The molecule has 1 atom stereocenters. The molecule has 0 radical (unpaired) electrons. The lowest BCUT2D eigenvalue weighted by atomic mass is 10.2. The zero-order valence-electron chi connectivity index (χ0n) is 9.47. The van der Waals surface area contributed by atoms with Gasteiger partial charge >= 0.3 is 0 Å². The Morgan fingerprint density at radius 2 is 2.47 bits per heavy atom. The number of aromatic nitrogens is 1. The van der Waals surface area contributed by atoms with Crippen LogP contribution in [0.25, 0.3) is 0 Å². The third-order valence-corrected chi connectivity index (χ3v) is 3.02. The molecule has 0 aromatic carbocycles. The average molecular weight is 230 g/mol. The SMILES string of the molecule is N#Cc1ccc(C(=O)N2CCCC2CN)nc1. The smallest absolute Gasteiger partial charge is 0.272 e. The molecule has 0 bridgehead atoms. The van der Waals surface area contributed by atoms with Gasteiger partial charge < -0.3 is 10.6 Å². The highest BCUT2D eigenvalue weighted by molar-refractivity contribution is 5.92. The monoisotopic (exact) mass is 230 g/mol. The largest absolute Gasteiger partial charge is 0.333 e. The molecule has 1 saturated heterocycles. The van der Waals surface area contributed by atoms with Gasteiger partial charge in [0.1, 0.15) is 11.8 Å². The van der Waals surface area contributed by atoms with Crippen molar-refractivity contribution in [1.29, 1.82) is 5.26 Å². The number of nitriles is 1. The zero-order valence-corrected chi connectivity index (χ0v) is 9.47. The summed E-state index contributed by atoms with van der Waals surface area (Å²) in [5.41, 5.74) is 6.46. The van der Waals surface area contributed by atoms with Gasteiger partial charge in [0.25, 0.3) is 5.91 Å². The van der Waals surface area contributed by atoms with Crippen LogP contribution < -0.4 is 5.73 Å². The van der Waals surface area contributed by atoms with Crippen molar-refractivity contribution in [3.63, 3.8) is 0 Å². The van der Waals surface area contributed by atoms with Crippen molar-refractivity contribution in [2.24, 2.45) is 5.73 Å². The molecule has 2 N–H and O–H groups in total. The topological polar surface area (TPSA) is 83.0 Å². The first-order chi connectivity index (χ1) is 8.26. The summed E-state index contributed by atoms with van der Waals surface area (Å²) in [5, 5.41) is 8.66. The van der Waals surface area contributed by atoms with E-state index in [1.54, 1.807) is 17.0 Å². The normalized spacial score (nSPS) is 19.1. The van der Waals surface area contributed by atoms with Gasteiger partial charge in [-0.15, -0.1) is 0 Å². The first kappa shape index (κ1) is 11.6. The van der Waals surface area contributed by atoms with E-state index < -0.39 is 0 Å². The Morgan fingerprint density at radius 1 is 1.65 bits per heavy atom. The van der Waals surface area contributed by atoms with E-state index in [-0.39, 0.29) is 11.9 Å².